The van der Waals surface area contributed by atoms with E-state index in [1.54, 1.807) is 42.5 Å². The van der Waals surface area contributed by atoms with Gasteiger partial charge in [0.2, 0.25) is 5.91 Å². The Balaban J connectivity index is 1.56. The van der Waals surface area contributed by atoms with Crippen molar-refractivity contribution in [1.82, 2.24) is 4.90 Å². The zero-order valence-electron chi connectivity index (χ0n) is 14.4. The minimum atomic E-state index is -0.404. The van der Waals surface area contributed by atoms with Gasteiger partial charge in [0.05, 0.1) is 0 Å². The van der Waals surface area contributed by atoms with Crippen LogP contribution in [0.2, 0.25) is 0 Å². The zero-order chi connectivity index (χ0) is 17.6. The highest BCUT2D eigenvalue weighted by Gasteiger charge is 2.24. The largest absolute Gasteiger partial charge is 0.454 e. The Hall–Kier alpha value is -2.40. The molecule has 1 aliphatic heterocycles. The predicted molar refractivity (Wildman–Crippen MR) is 96.4 cm³/mol. The van der Waals surface area contributed by atoms with Gasteiger partial charge in [0.1, 0.15) is 5.75 Å². The SMILES string of the molecule is CCN1CCC(C(=O)Nc2ccc(Oc3ccccc3F)cc2)CC1. The van der Waals surface area contributed by atoms with Gasteiger partial charge in [-0.25, -0.2) is 4.39 Å². The predicted octanol–water partition coefficient (Wildman–Crippen LogP) is 4.29. The average Bonchev–Trinajstić information content (AvgIpc) is 2.65. The van der Waals surface area contributed by atoms with Gasteiger partial charge in [0, 0.05) is 11.6 Å². The van der Waals surface area contributed by atoms with E-state index in [0.29, 0.717) is 5.75 Å². The van der Waals surface area contributed by atoms with E-state index < -0.39 is 5.82 Å². The van der Waals surface area contributed by atoms with Crippen LogP contribution in [0.25, 0.3) is 0 Å². The number of hydrogen-bond donors (Lipinski definition) is 1. The summed E-state index contributed by atoms with van der Waals surface area (Å²) in [6.07, 6.45) is 1.79. The number of nitrogens with one attached hydrogen (secondary N) is 1. The highest BCUT2D eigenvalue weighted by atomic mass is 19.1. The number of halogens is 1. The molecule has 2 aromatic carbocycles. The Morgan fingerprint density at radius 1 is 1.16 bits per heavy atom. The normalized spacial score (nSPS) is 15.8. The maximum atomic E-state index is 13.6. The first-order valence-electron chi connectivity index (χ1n) is 8.71. The first-order chi connectivity index (χ1) is 12.2. The van der Waals surface area contributed by atoms with Crippen molar-refractivity contribution in [1.29, 1.82) is 0 Å². The van der Waals surface area contributed by atoms with Crippen LogP contribution in [0.3, 0.4) is 0 Å². The maximum absolute atomic E-state index is 13.6. The van der Waals surface area contributed by atoms with Crippen molar-refractivity contribution >= 4 is 11.6 Å². The van der Waals surface area contributed by atoms with E-state index in [2.05, 4.69) is 17.1 Å². The smallest absolute Gasteiger partial charge is 0.227 e. The number of hydrogen-bond acceptors (Lipinski definition) is 3. The van der Waals surface area contributed by atoms with Crippen molar-refractivity contribution < 1.29 is 13.9 Å². The third-order valence-electron chi connectivity index (χ3n) is 4.59. The Morgan fingerprint density at radius 3 is 2.48 bits per heavy atom. The molecule has 1 amide bonds. The highest BCUT2D eigenvalue weighted by Crippen LogP contribution is 2.26. The van der Waals surface area contributed by atoms with Gasteiger partial charge in [0.15, 0.2) is 11.6 Å². The van der Waals surface area contributed by atoms with Gasteiger partial charge >= 0.3 is 0 Å². The van der Waals surface area contributed by atoms with E-state index in [0.717, 1.165) is 38.2 Å². The van der Waals surface area contributed by atoms with Crippen molar-refractivity contribution in [2.45, 2.75) is 19.8 Å². The summed E-state index contributed by atoms with van der Waals surface area (Å²) in [5.41, 5.74) is 0.726. The number of benzene rings is 2. The topological polar surface area (TPSA) is 41.6 Å². The third-order valence-corrected chi connectivity index (χ3v) is 4.59. The quantitative estimate of drug-likeness (QED) is 0.881. The number of rotatable bonds is 5. The first kappa shape index (κ1) is 17.4. The van der Waals surface area contributed by atoms with Crippen molar-refractivity contribution in [3.8, 4) is 11.5 Å². The Labute approximate surface area is 147 Å². The van der Waals surface area contributed by atoms with Crippen LogP contribution in [0.15, 0.2) is 48.5 Å². The molecule has 0 atom stereocenters. The summed E-state index contributed by atoms with van der Waals surface area (Å²) in [5, 5.41) is 2.96. The summed E-state index contributed by atoms with van der Waals surface area (Å²) < 4.78 is 19.1. The summed E-state index contributed by atoms with van der Waals surface area (Å²) in [4.78, 5) is 14.7. The number of para-hydroxylation sites is 1. The lowest BCUT2D eigenvalue weighted by Gasteiger charge is -2.30. The molecule has 0 unspecified atom stereocenters. The molecule has 0 bridgehead atoms. The molecule has 1 fully saturated rings. The second-order valence-corrected chi connectivity index (χ2v) is 6.25. The molecule has 132 valence electrons. The zero-order valence-corrected chi connectivity index (χ0v) is 14.4. The monoisotopic (exact) mass is 342 g/mol. The lowest BCUT2D eigenvalue weighted by Crippen LogP contribution is -2.37. The van der Waals surface area contributed by atoms with E-state index in [1.807, 2.05) is 0 Å². The second-order valence-electron chi connectivity index (χ2n) is 6.25. The summed E-state index contributed by atoms with van der Waals surface area (Å²) in [6.45, 7) is 5.14. The Morgan fingerprint density at radius 2 is 1.84 bits per heavy atom. The number of amides is 1. The lowest BCUT2D eigenvalue weighted by atomic mass is 9.96. The fraction of sp³-hybridized carbons (Fsp3) is 0.350. The first-order valence-corrected chi connectivity index (χ1v) is 8.71. The number of ether oxygens (including phenoxy) is 1. The number of anilines is 1. The Bertz CT molecular complexity index is 710. The second kappa shape index (κ2) is 8.12. The van der Waals surface area contributed by atoms with E-state index in [-0.39, 0.29) is 17.6 Å². The lowest BCUT2D eigenvalue weighted by molar-refractivity contribution is -0.121. The number of carbonyl (C=O) groups excluding carboxylic acids is 1. The van der Waals surface area contributed by atoms with E-state index in [1.165, 1.54) is 6.07 Å². The minimum Gasteiger partial charge on any atom is -0.454 e. The van der Waals surface area contributed by atoms with Gasteiger partial charge in [-0.15, -0.1) is 0 Å². The Kier molecular flexibility index (Phi) is 5.66. The molecule has 25 heavy (non-hydrogen) atoms. The van der Waals surface area contributed by atoms with Crippen LogP contribution in [-0.2, 0) is 4.79 Å². The molecule has 0 spiro atoms. The molecule has 5 heteroatoms. The molecule has 0 radical (unpaired) electrons. The molecular weight excluding hydrogens is 319 g/mol. The van der Waals surface area contributed by atoms with Gasteiger partial charge in [-0.1, -0.05) is 19.1 Å². The van der Waals surface area contributed by atoms with Crippen LogP contribution in [0.5, 0.6) is 11.5 Å². The molecule has 1 saturated heterocycles. The van der Waals surface area contributed by atoms with Gasteiger partial charge in [-0.2, -0.15) is 0 Å². The fourth-order valence-electron chi connectivity index (χ4n) is 3.02. The van der Waals surface area contributed by atoms with Gasteiger partial charge in [-0.3, -0.25) is 4.79 Å². The van der Waals surface area contributed by atoms with Crippen molar-refractivity contribution in [3.05, 3.63) is 54.3 Å². The van der Waals surface area contributed by atoms with Crippen LogP contribution >= 0.6 is 0 Å². The third kappa shape index (κ3) is 4.57. The molecule has 4 nitrogen and oxygen atoms in total. The molecule has 1 heterocycles. The molecule has 0 aromatic heterocycles. The van der Waals surface area contributed by atoms with Crippen LogP contribution in [0.4, 0.5) is 10.1 Å². The number of likely N-dealkylation sites (tertiary alicyclic amines) is 1. The molecular formula is C20H23FN2O2. The van der Waals surface area contributed by atoms with Crippen LogP contribution in [-0.4, -0.2) is 30.4 Å². The average molecular weight is 342 g/mol. The number of carbonyl (C=O) groups is 1. The van der Waals surface area contributed by atoms with Gasteiger partial charge in [-0.05, 0) is 68.9 Å². The van der Waals surface area contributed by atoms with Crippen LogP contribution < -0.4 is 10.1 Å². The summed E-state index contributed by atoms with van der Waals surface area (Å²) in [6, 6.07) is 13.3. The summed E-state index contributed by atoms with van der Waals surface area (Å²) >= 11 is 0. The van der Waals surface area contributed by atoms with Crippen LogP contribution in [0.1, 0.15) is 19.8 Å². The number of piperidine rings is 1. The van der Waals surface area contributed by atoms with E-state index in [9.17, 15) is 9.18 Å². The van der Waals surface area contributed by atoms with E-state index >= 15 is 0 Å². The van der Waals surface area contributed by atoms with Crippen molar-refractivity contribution in [2.24, 2.45) is 5.92 Å². The molecule has 0 aliphatic carbocycles. The number of nitrogens with zero attached hydrogens (tertiary/aromatic N) is 1. The minimum absolute atomic E-state index is 0.0668. The van der Waals surface area contributed by atoms with Gasteiger partial charge in [0.25, 0.3) is 0 Å². The standard InChI is InChI=1S/C20H23FN2O2/c1-2-23-13-11-15(12-14-23)20(24)22-16-7-9-17(10-8-16)25-19-6-4-3-5-18(19)21/h3-10,15H,2,11-14H2,1H3,(H,22,24). The molecule has 0 saturated carbocycles. The molecule has 1 N–H and O–H groups in total. The van der Waals surface area contributed by atoms with E-state index in [4.69, 9.17) is 4.74 Å². The summed E-state index contributed by atoms with van der Waals surface area (Å²) in [5.74, 6) is 0.440. The summed E-state index contributed by atoms with van der Waals surface area (Å²) in [7, 11) is 0. The molecule has 3 rings (SSSR count). The van der Waals surface area contributed by atoms with Gasteiger partial charge < -0.3 is 15.0 Å². The molecule has 1 aliphatic rings. The van der Waals surface area contributed by atoms with Crippen molar-refractivity contribution in [2.75, 3.05) is 25.0 Å². The van der Waals surface area contributed by atoms with Crippen molar-refractivity contribution in [3.63, 3.8) is 0 Å². The van der Waals surface area contributed by atoms with Crippen LogP contribution in [0, 0.1) is 11.7 Å². The highest BCUT2D eigenvalue weighted by molar-refractivity contribution is 5.92. The maximum Gasteiger partial charge on any atom is 0.227 e. The molecule has 2 aromatic rings. The fourth-order valence-corrected chi connectivity index (χ4v) is 3.02.